The van der Waals surface area contributed by atoms with Gasteiger partial charge in [-0.1, -0.05) is 17.7 Å². The van der Waals surface area contributed by atoms with Crippen molar-refractivity contribution in [2.24, 2.45) is 12.0 Å². The van der Waals surface area contributed by atoms with Crippen LogP contribution >= 0.6 is 35.6 Å². The lowest BCUT2D eigenvalue weighted by molar-refractivity contribution is -0.116. The summed E-state index contributed by atoms with van der Waals surface area (Å²) >= 11 is 6.08. The quantitative estimate of drug-likeness (QED) is 0.311. The first-order valence-corrected chi connectivity index (χ1v) is 9.19. The Hall–Kier alpha value is -1.81. The molecule has 28 heavy (non-hydrogen) atoms. The standard InChI is InChI=1S/C19H27ClN6O.HI/c1-12-16(20)7-6-8-17(12)24-18(27)9-10-22-19(21-4)23-11-15-13(2)25-26(5)14(15)3;/h6-8H,9-11H2,1-5H3,(H,24,27)(H2,21,22,23);1H. The van der Waals surface area contributed by atoms with Crippen molar-refractivity contribution < 1.29 is 4.79 Å². The first kappa shape index (κ1) is 24.2. The van der Waals surface area contributed by atoms with E-state index in [2.05, 4.69) is 26.0 Å². The molecule has 7 nitrogen and oxygen atoms in total. The zero-order valence-electron chi connectivity index (χ0n) is 16.9. The van der Waals surface area contributed by atoms with Gasteiger partial charge in [0.2, 0.25) is 5.91 Å². The van der Waals surface area contributed by atoms with Crippen molar-refractivity contribution >= 4 is 53.1 Å². The zero-order valence-corrected chi connectivity index (χ0v) is 20.0. The normalized spacial score (nSPS) is 11.0. The van der Waals surface area contributed by atoms with Gasteiger partial charge in [-0.2, -0.15) is 5.10 Å². The number of aryl methyl sites for hydroxylation is 2. The molecular formula is C19H28ClIN6O. The number of rotatable bonds is 6. The van der Waals surface area contributed by atoms with Crippen LogP contribution in [0, 0.1) is 20.8 Å². The maximum absolute atomic E-state index is 12.2. The molecule has 1 amide bonds. The van der Waals surface area contributed by atoms with E-state index in [-0.39, 0.29) is 29.9 Å². The monoisotopic (exact) mass is 518 g/mol. The van der Waals surface area contributed by atoms with Gasteiger partial charge in [0.05, 0.1) is 5.69 Å². The second-order valence-corrected chi connectivity index (χ2v) is 6.74. The van der Waals surface area contributed by atoms with Crippen LogP contribution in [0.3, 0.4) is 0 Å². The lowest BCUT2D eigenvalue weighted by atomic mass is 10.2. The summed E-state index contributed by atoms with van der Waals surface area (Å²) in [6.45, 7) is 7.00. The molecule has 0 saturated carbocycles. The number of amides is 1. The molecule has 154 valence electrons. The summed E-state index contributed by atoms with van der Waals surface area (Å²) in [5.41, 5.74) is 4.85. The second kappa shape index (κ2) is 11.3. The number of carbonyl (C=O) groups excluding carboxylic acids is 1. The second-order valence-electron chi connectivity index (χ2n) is 6.34. The Balaban J connectivity index is 0.00000392. The molecule has 0 spiro atoms. The van der Waals surface area contributed by atoms with Crippen molar-refractivity contribution in [3.05, 3.63) is 45.7 Å². The number of nitrogens with one attached hydrogen (secondary N) is 3. The van der Waals surface area contributed by atoms with Crippen molar-refractivity contribution in [1.29, 1.82) is 0 Å². The fourth-order valence-electron chi connectivity index (χ4n) is 2.72. The molecule has 9 heteroatoms. The van der Waals surface area contributed by atoms with Gasteiger partial charge in [-0.3, -0.25) is 14.5 Å². The number of aliphatic imine (C=N–C) groups is 1. The molecule has 0 bridgehead atoms. The summed E-state index contributed by atoms with van der Waals surface area (Å²) in [6.07, 6.45) is 0.317. The third-order valence-corrected chi connectivity index (χ3v) is 4.91. The number of nitrogens with zero attached hydrogens (tertiary/aromatic N) is 3. The van der Waals surface area contributed by atoms with E-state index >= 15 is 0 Å². The first-order valence-electron chi connectivity index (χ1n) is 8.82. The van der Waals surface area contributed by atoms with Crippen LogP contribution in [0.25, 0.3) is 0 Å². The molecule has 0 aliphatic rings. The fourth-order valence-corrected chi connectivity index (χ4v) is 2.89. The molecule has 0 radical (unpaired) electrons. The lowest BCUT2D eigenvalue weighted by Gasteiger charge is -2.13. The third-order valence-electron chi connectivity index (χ3n) is 4.50. The van der Waals surface area contributed by atoms with Gasteiger partial charge in [0.15, 0.2) is 5.96 Å². The number of hydrogen-bond acceptors (Lipinski definition) is 3. The highest BCUT2D eigenvalue weighted by Gasteiger charge is 2.10. The number of carbonyl (C=O) groups is 1. The van der Waals surface area contributed by atoms with Crippen LogP contribution in [-0.2, 0) is 18.4 Å². The van der Waals surface area contributed by atoms with E-state index in [1.165, 1.54) is 0 Å². The topological polar surface area (TPSA) is 83.3 Å². The minimum atomic E-state index is -0.0812. The van der Waals surface area contributed by atoms with Gasteiger partial charge in [-0.05, 0) is 38.5 Å². The molecule has 0 fully saturated rings. The van der Waals surface area contributed by atoms with Gasteiger partial charge in [0.1, 0.15) is 0 Å². The van der Waals surface area contributed by atoms with Crippen LogP contribution in [0.5, 0.6) is 0 Å². The maximum Gasteiger partial charge on any atom is 0.226 e. The van der Waals surface area contributed by atoms with Crippen LogP contribution in [0.15, 0.2) is 23.2 Å². The highest BCUT2D eigenvalue weighted by atomic mass is 127. The summed E-state index contributed by atoms with van der Waals surface area (Å²) in [4.78, 5) is 16.3. The Morgan fingerprint density at radius 3 is 2.57 bits per heavy atom. The van der Waals surface area contributed by atoms with Crippen LogP contribution in [0.1, 0.15) is 28.9 Å². The van der Waals surface area contributed by atoms with Crippen LogP contribution in [-0.4, -0.2) is 35.2 Å². The largest absolute Gasteiger partial charge is 0.356 e. The van der Waals surface area contributed by atoms with Crippen molar-refractivity contribution in [3.63, 3.8) is 0 Å². The summed E-state index contributed by atoms with van der Waals surface area (Å²) in [5.74, 6) is 0.562. The van der Waals surface area contributed by atoms with Crippen molar-refractivity contribution in [2.45, 2.75) is 33.7 Å². The van der Waals surface area contributed by atoms with Crippen LogP contribution in [0.4, 0.5) is 5.69 Å². The Morgan fingerprint density at radius 2 is 1.96 bits per heavy atom. The Bertz CT molecular complexity index is 849. The molecule has 0 atom stereocenters. The highest BCUT2D eigenvalue weighted by Crippen LogP contribution is 2.22. The molecule has 2 rings (SSSR count). The molecule has 0 aliphatic carbocycles. The van der Waals surface area contributed by atoms with Crippen molar-refractivity contribution in [1.82, 2.24) is 20.4 Å². The van der Waals surface area contributed by atoms with E-state index in [1.54, 1.807) is 13.1 Å². The molecule has 0 unspecified atom stereocenters. The molecule has 1 aromatic carbocycles. The van der Waals surface area contributed by atoms with E-state index in [0.717, 1.165) is 28.2 Å². The Kier molecular flexibility index (Phi) is 9.74. The molecular weight excluding hydrogens is 491 g/mol. The molecule has 1 heterocycles. The number of guanidine groups is 1. The van der Waals surface area contributed by atoms with Gasteiger partial charge in [-0.25, -0.2) is 0 Å². The summed E-state index contributed by atoms with van der Waals surface area (Å²) in [7, 11) is 3.63. The first-order chi connectivity index (χ1) is 12.8. The fraction of sp³-hybridized carbons (Fsp3) is 0.421. The minimum absolute atomic E-state index is 0. The summed E-state index contributed by atoms with van der Waals surface area (Å²) in [6, 6.07) is 5.46. The van der Waals surface area contributed by atoms with E-state index < -0.39 is 0 Å². The van der Waals surface area contributed by atoms with Crippen LogP contribution in [0.2, 0.25) is 5.02 Å². The highest BCUT2D eigenvalue weighted by molar-refractivity contribution is 14.0. The third kappa shape index (κ3) is 6.37. The minimum Gasteiger partial charge on any atom is -0.356 e. The predicted octanol–water partition coefficient (Wildman–Crippen LogP) is 3.31. The van der Waals surface area contributed by atoms with E-state index in [0.29, 0.717) is 30.5 Å². The summed E-state index contributed by atoms with van der Waals surface area (Å²) < 4.78 is 1.87. The lowest BCUT2D eigenvalue weighted by Crippen LogP contribution is -2.38. The Labute approximate surface area is 188 Å². The molecule has 3 N–H and O–H groups in total. The molecule has 0 saturated heterocycles. The van der Waals surface area contributed by atoms with Gasteiger partial charge in [-0.15, -0.1) is 24.0 Å². The Morgan fingerprint density at radius 1 is 1.25 bits per heavy atom. The number of halogens is 2. The van der Waals surface area contributed by atoms with E-state index in [4.69, 9.17) is 11.6 Å². The van der Waals surface area contributed by atoms with E-state index in [1.807, 2.05) is 44.6 Å². The van der Waals surface area contributed by atoms with Gasteiger partial charge in [0, 0.05) is 55.6 Å². The summed E-state index contributed by atoms with van der Waals surface area (Å²) in [5, 5.41) is 14.3. The number of hydrogen-bond donors (Lipinski definition) is 3. The number of benzene rings is 1. The molecule has 2 aromatic rings. The molecule has 1 aromatic heterocycles. The average molecular weight is 519 g/mol. The van der Waals surface area contributed by atoms with Gasteiger partial charge < -0.3 is 16.0 Å². The zero-order chi connectivity index (χ0) is 20.0. The molecule has 0 aliphatic heterocycles. The van der Waals surface area contributed by atoms with Crippen LogP contribution < -0.4 is 16.0 Å². The van der Waals surface area contributed by atoms with Gasteiger partial charge >= 0.3 is 0 Å². The van der Waals surface area contributed by atoms with Crippen molar-refractivity contribution in [3.8, 4) is 0 Å². The SMILES string of the molecule is CN=C(NCCC(=O)Nc1cccc(Cl)c1C)NCc1c(C)nn(C)c1C.I. The maximum atomic E-state index is 12.2. The smallest absolute Gasteiger partial charge is 0.226 e. The van der Waals surface area contributed by atoms with Gasteiger partial charge in [0.25, 0.3) is 0 Å². The predicted molar refractivity (Wildman–Crippen MR) is 126 cm³/mol. The van der Waals surface area contributed by atoms with E-state index in [9.17, 15) is 4.79 Å². The average Bonchev–Trinajstić information content (AvgIpc) is 2.87. The van der Waals surface area contributed by atoms with Crippen molar-refractivity contribution in [2.75, 3.05) is 18.9 Å². The number of aromatic nitrogens is 2. The number of anilines is 1.